The third-order valence-electron chi connectivity index (χ3n) is 1.72. The zero-order valence-corrected chi connectivity index (χ0v) is 8.25. The smallest absolute Gasteiger partial charge is 0.303 e. The highest BCUT2D eigenvalue weighted by molar-refractivity contribution is 7.80. The summed E-state index contributed by atoms with van der Waals surface area (Å²) in [6.45, 7) is 1.24. The molecule has 0 bridgehead atoms. The molecular formula is C8H8N2O3S. The van der Waals surface area contributed by atoms with Crippen molar-refractivity contribution in [2.45, 2.75) is 11.8 Å². The van der Waals surface area contributed by atoms with E-state index in [4.69, 9.17) is 5.73 Å². The van der Waals surface area contributed by atoms with Crippen molar-refractivity contribution in [2.75, 3.05) is 5.73 Å². The second-order valence-corrected chi connectivity index (χ2v) is 3.19. The minimum atomic E-state index is -0.675. The number of hydrogen-bond acceptors (Lipinski definition) is 5. The third kappa shape index (κ3) is 1.69. The van der Waals surface area contributed by atoms with Gasteiger partial charge in [-0.15, -0.1) is 12.6 Å². The summed E-state index contributed by atoms with van der Waals surface area (Å²) in [6.07, 6.45) is 0. The van der Waals surface area contributed by atoms with E-state index in [1.807, 2.05) is 0 Å². The Morgan fingerprint density at radius 3 is 2.50 bits per heavy atom. The van der Waals surface area contributed by atoms with Gasteiger partial charge in [0.2, 0.25) is 0 Å². The molecule has 0 amide bonds. The van der Waals surface area contributed by atoms with E-state index < -0.39 is 10.7 Å². The van der Waals surface area contributed by atoms with Crippen molar-refractivity contribution >= 4 is 29.8 Å². The highest BCUT2D eigenvalue weighted by Crippen LogP contribution is 2.31. The van der Waals surface area contributed by atoms with Crippen LogP contribution in [-0.4, -0.2) is 10.7 Å². The van der Waals surface area contributed by atoms with Crippen LogP contribution in [0.2, 0.25) is 0 Å². The highest BCUT2D eigenvalue weighted by Gasteiger charge is 2.23. The molecule has 0 radical (unpaired) electrons. The van der Waals surface area contributed by atoms with E-state index in [-0.39, 0.29) is 21.8 Å². The van der Waals surface area contributed by atoms with Crippen LogP contribution in [0.5, 0.6) is 0 Å². The molecule has 0 aliphatic heterocycles. The number of nitrogens with two attached hydrogens (primary N) is 1. The van der Waals surface area contributed by atoms with Gasteiger partial charge in [-0.2, -0.15) is 0 Å². The van der Waals surface area contributed by atoms with Crippen molar-refractivity contribution in [2.24, 2.45) is 0 Å². The summed E-state index contributed by atoms with van der Waals surface area (Å²) in [5.74, 6) is -0.422. The molecule has 0 aromatic heterocycles. The Bertz CT molecular complexity index is 378. The van der Waals surface area contributed by atoms with Crippen LogP contribution in [0.3, 0.4) is 0 Å². The molecule has 0 fully saturated rings. The van der Waals surface area contributed by atoms with Crippen molar-refractivity contribution in [1.29, 1.82) is 0 Å². The normalized spacial score (nSPS) is 9.86. The van der Waals surface area contributed by atoms with E-state index in [2.05, 4.69) is 12.6 Å². The summed E-state index contributed by atoms with van der Waals surface area (Å²) in [5.41, 5.74) is 4.96. The molecule has 0 saturated heterocycles. The first-order valence-electron chi connectivity index (χ1n) is 3.72. The molecular weight excluding hydrogens is 204 g/mol. The first-order valence-corrected chi connectivity index (χ1v) is 4.16. The van der Waals surface area contributed by atoms with Gasteiger partial charge in [-0.1, -0.05) is 0 Å². The van der Waals surface area contributed by atoms with Gasteiger partial charge < -0.3 is 5.73 Å². The van der Waals surface area contributed by atoms with Gasteiger partial charge in [0.15, 0.2) is 5.78 Å². The number of nitrogen functional groups attached to an aromatic ring is 1. The topological polar surface area (TPSA) is 86.2 Å². The van der Waals surface area contributed by atoms with Crippen molar-refractivity contribution in [3.05, 3.63) is 27.8 Å². The number of nitro groups is 1. The second-order valence-electron chi connectivity index (χ2n) is 2.71. The van der Waals surface area contributed by atoms with Gasteiger partial charge in [-0.3, -0.25) is 14.9 Å². The van der Waals surface area contributed by atoms with Crippen LogP contribution in [0.15, 0.2) is 17.0 Å². The van der Waals surface area contributed by atoms with E-state index in [0.717, 1.165) is 0 Å². The maximum Gasteiger partial charge on any atom is 0.303 e. The maximum absolute atomic E-state index is 11.1. The van der Waals surface area contributed by atoms with Crippen LogP contribution in [0.4, 0.5) is 11.4 Å². The third-order valence-corrected chi connectivity index (χ3v) is 2.09. The highest BCUT2D eigenvalue weighted by atomic mass is 32.1. The Morgan fingerprint density at radius 2 is 2.14 bits per heavy atom. The molecule has 1 aromatic rings. The fraction of sp³-hybridized carbons (Fsp3) is 0.125. The summed E-state index contributed by atoms with van der Waals surface area (Å²) < 4.78 is 0. The molecule has 14 heavy (non-hydrogen) atoms. The number of ketones is 1. The second kappa shape index (κ2) is 3.67. The lowest BCUT2D eigenvalue weighted by molar-refractivity contribution is -0.384. The Kier molecular flexibility index (Phi) is 2.76. The fourth-order valence-electron chi connectivity index (χ4n) is 1.14. The Labute approximate surface area is 85.5 Å². The lowest BCUT2D eigenvalue weighted by Gasteiger charge is -2.04. The summed E-state index contributed by atoms with van der Waals surface area (Å²) >= 11 is 3.97. The fourth-order valence-corrected chi connectivity index (χ4v) is 1.48. The van der Waals surface area contributed by atoms with E-state index in [1.165, 1.54) is 19.1 Å². The molecule has 6 heteroatoms. The number of Topliss-reactive ketones (excluding diaryl/α,β-unsaturated/α-hetero) is 1. The molecule has 0 saturated carbocycles. The number of carbonyl (C=O) groups excluding carboxylic acids is 1. The molecule has 0 heterocycles. The predicted octanol–water partition coefficient (Wildman–Crippen LogP) is 1.67. The van der Waals surface area contributed by atoms with Crippen molar-refractivity contribution in [3.8, 4) is 0 Å². The molecule has 0 aliphatic rings. The average Bonchev–Trinajstić information content (AvgIpc) is 2.07. The molecule has 0 unspecified atom stereocenters. The van der Waals surface area contributed by atoms with Crippen molar-refractivity contribution in [3.63, 3.8) is 0 Å². The van der Waals surface area contributed by atoms with Crippen LogP contribution in [0, 0.1) is 10.1 Å². The standard InChI is InChI=1S/C8H8N2O3S/c1-4(11)7-6(14)3-2-5(9)8(7)10(12)13/h2-3,14H,9H2,1H3. The van der Waals surface area contributed by atoms with Gasteiger partial charge in [-0.25, -0.2) is 0 Å². The van der Waals surface area contributed by atoms with E-state index in [0.29, 0.717) is 0 Å². The largest absolute Gasteiger partial charge is 0.393 e. The van der Waals surface area contributed by atoms with Gasteiger partial charge in [0.25, 0.3) is 0 Å². The summed E-state index contributed by atoms with van der Waals surface area (Å²) in [7, 11) is 0. The van der Waals surface area contributed by atoms with E-state index >= 15 is 0 Å². The maximum atomic E-state index is 11.1. The van der Waals surface area contributed by atoms with Gasteiger partial charge in [0.1, 0.15) is 11.3 Å². The molecule has 0 spiro atoms. The first-order chi connectivity index (χ1) is 6.45. The zero-order valence-electron chi connectivity index (χ0n) is 7.35. The number of nitro benzene ring substituents is 1. The summed E-state index contributed by atoms with van der Waals surface area (Å²) in [5, 5.41) is 10.6. The Balaban J connectivity index is 3.58. The Hall–Kier alpha value is -1.56. The molecule has 0 atom stereocenters. The Morgan fingerprint density at radius 1 is 1.57 bits per heavy atom. The molecule has 2 N–H and O–H groups in total. The number of thiol groups is 1. The SMILES string of the molecule is CC(=O)c1c(S)ccc(N)c1[N+](=O)[O-]. The van der Waals surface area contributed by atoms with E-state index in [9.17, 15) is 14.9 Å². The lowest BCUT2D eigenvalue weighted by Crippen LogP contribution is -2.05. The molecule has 1 rings (SSSR count). The van der Waals surface area contributed by atoms with Crippen LogP contribution in [0.25, 0.3) is 0 Å². The van der Waals surface area contributed by atoms with Gasteiger partial charge in [0.05, 0.1) is 4.92 Å². The monoisotopic (exact) mass is 212 g/mol. The molecule has 1 aromatic carbocycles. The predicted molar refractivity (Wildman–Crippen MR) is 54.8 cm³/mol. The summed E-state index contributed by atoms with van der Waals surface area (Å²) in [4.78, 5) is 21.4. The number of hydrogen-bond donors (Lipinski definition) is 2. The molecule has 5 nitrogen and oxygen atoms in total. The van der Waals surface area contributed by atoms with Crippen LogP contribution in [-0.2, 0) is 0 Å². The number of carbonyl (C=O) groups is 1. The van der Waals surface area contributed by atoms with Crippen LogP contribution < -0.4 is 5.73 Å². The van der Waals surface area contributed by atoms with Crippen LogP contribution >= 0.6 is 12.6 Å². The van der Waals surface area contributed by atoms with Crippen molar-refractivity contribution < 1.29 is 9.72 Å². The number of benzene rings is 1. The first kappa shape index (κ1) is 10.5. The van der Waals surface area contributed by atoms with Gasteiger partial charge >= 0.3 is 5.69 Å². The number of rotatable bonds is 2. The number of nitrogens with zero attached hydrogens (tertiary/aromatic N) is 1. The quantitative estimate of drug-likeness (QED) is 0.256. The lowest BCUT2D eigenvalue weighted by atomic mass is 10.1. The molecule has 74 valence electrons. The number of anilines is 1. The van der Waals surface area contributed by atoms with E-state index in [1.54, 1.807) is 0 Å². The van der Waals surface area contributed by atoms with Crippen molar-refractivity contribution in [1.82, 2.24) is 0 Å². The minimum absolute atomic E-state index is 0.0296. The van der Waals surface area contributed by atoms with Gasteiger partial charge in [-0.05, 0) is 19.1 Å². The summed E-state index contributed by atoms with van der Waals surface area (Å²) in [6, 6.07) is 2.81. The average molecular weight is 212 g/mol. The minimum Gasteiger partial charge on any atom is -0.393 e. The van der Waals surface area contributed by atoms with Crippen LogP contribution in [0.1, 0.15) is 17.3 Å². The molecule has 0 aliphatic carbocycles. The zero-order chi connectivity index (χ0) is 10.9. The van der Waals surface area contributed by atoms with Gasteiger partial charge in [0, 0.05) is 4.90 Å².